The number of aromatic nitrogens is 6. The number of nitrogen functional groups attached to an aromatic ring is 1. The number of nitrogens with zero attached hydrogens (tertiary/aromatic N) is 5. The number of anilines is 1. The molecule has 0 amide bonds. The molecule has 3 N–H and O–H groups in total. The van der Waals surface area contributed by atoms with Crippen molar-refractivity contribution < 1.29 is 0 Å². The second-order valence-corrected chi connectivity index (χ2v) is 3.48. The topological polar surface area (TPSA) is 98.3 Å². The Hall–Kier alpha value is -2.44. The summed E-state index contributed by atoms with van der Waals surface area (Å²) >= 11 is 0. The molecule has 7 nitrogen and oxygen atoms in total. The van der Waals surface area contributed by atoms with E-state index < -0.39 is 0 Å². The quantitative estimate of drug-likeness (QED) is 0.609. The number of H-pyrrole nitrogens is 1. The fourth-order valence-electron chi connectivity index (χ4n) is 1.64. The van der Waals surface area contributed by atoms with E-state index in [1.165, 1.54) is 0 Å². The Kier molecular flexibility index (Phi) is 1.67. The number of hydrogen-bond donors (Lipinski definition) is 2. The molecule has 0 aliphatic carbocycles. The van der Waals surface area contributed by atoms with Crippen LogP contribution in [0.3, 0.4) is 0 Å². The van der Waals surface area contributed by atoms with Gasteiger partial charge in [0.2, 0.25) is 0 Å². The van der Waals surface area contributed by atoms with E-state index in [0.717, 1.165) is 16.6 Å². The van der Waals surface area contributed by atoms with Gasteiger partial charge in [-0.3, -0.25) is 0 Å². The number of aromatic amines is 1. The van der Waals surface area contributed by atoms with Gasteiger partial charge < -0.3 is 10.7 Å². The van der Waals surface area contributed by atoms with Crippen LogP contribution in [0.25, 0.3) is 22.4 Å². The van der Waals surface area contributed by atoms with Crippen LogP contribution in [-0.4, -0.2) is 30.2 Å². The van der Waals surface area contributed by atoms with Crippen LogP contribution in [-0.2, 0) is 7.05 Å². The zero-order valence-electron chi connectivity index (χ0n) is 8.55. The van der Waals surface area contributed by atoms with Gasteiger partial charge in [0.25, 0.3) is 0 Å². The van der Waals surface area contributed by atoms with Crippen molar-refractivity contribution in [2.45, 2.75) is 0 Å². The molecule has 1 aromatic carbocycles. The lowest BCUT2D eigenvalue weighted by molar-refractivity contribution is 0.715. The smallest absolute Gasteiger partial charge is 0.198 e. The second-order valence-electron chi connectivity index (χ2n) is 3.48. The monoisotopic (exact) mass is 215 g/mol. The average molecular weight is 215 g/mol. The zero-order chi connectivity index (χ0) is 11.1. The molecule has 0 saturated heterocycles. The minimum atomic E-state index is 0.406. The van der Waals surface area contributed by atoms with Crippen LogP contribution in [0.2, 0.25) is 0 Å². The van der Waals surface area contributed by atoms with Crippen molar-refractivity contribution in [2.24, 2.45) is 7.05 Å². The third kappa shape index (κ3) is 1.22. The molecule has 0 spiro atoms. The van der Waals surface area contributed by atoms with Crippen LogP contribution in [0.15, 0.2) is 18.2 Å². The predicted molar refractivity (Wildman–Crippen MR) is 58.3 cm³/mol. The van der Waals surface area contributed by atoms with Crippen LogP contribution >= 0.6 is 0 Å². The molecule has 0 atom stereocenters. The van der Waals surface area contributed by atoms with Gasteiger partial charge in [-0.25, -0.2) is 9.67 Å². The number of nitrogens with two attached hydrogens (primary N) is 1. The number of hydrogen-bond acceptors (Lipinski definition) is 5. The van der Waals surface area contributed by atoms with Gasteiger partial charge in [-0.1, -0.05) is 0 Å². The summed E-state index contributed by atoms with van der Waals surface area (Å²) in [5, 5.41) is 11.3. The molecule has 0 aliphatic rings. The highest BCUT2D eigenvalue weighted by Gasteiger charge is 2.07. The molecule has 0 bridgehead atoms. The first-order chi connectivity index (χ1) is 7.74. The van der Waals surface area contributed by atoms with E-state index in [1.54, 1.807) is 11.7 Å². The summed E-state index contributed by atoms with van der Waals surface area (Å²) < 4.78 is 1.61. The molecule has 0 aliphatic heterocycles. The molecule has 7 heteroatoms. The first-order valence-electron chi connectivity index (χ1n) is 4.72. The molecule has 0 saturated carbocycles. The SMILES string of the molecule is Cn1nnnc1-c1ccc2nc(N)[nH]c2c1. The maximum atomic E-state index is 5.58. The largest absolute Gasteiger partial charge is 0.369 e. The minimum absolute atomic E-state index is 0.406. The number of rotatable bonds is 1. The summed E-state index contributed by atoms with van der Waals surface area (Å²) in [5.74, 6) is 1.11. The summed E-state index contributed by atoms with van der Waals surface area (Å²) in [5.41, 5.74) is 8.20. The highest BCUT2D eigenvalue weighted by molar-refractivity contribution is 5.81. The van der Waals surface area contributed by atoms with E-state index in [9.17, 15) is 0 Å². The number of fused-ring (bicyclic) bond motifs is 1. The maximum absolute atomic E-state index is 5.58. The van der Waals surface area contributed by atoms with Gasteiger partial charge in [0.05, 0.1) is 11.0 Å². The lowest BCUT2D eigenvalue weighted by Crippen LogP contribution is -1.94. The molecular weight excluding hydrogens is 206 g/mol. The Morgan fingerprint density at radius 3 is 3.00 bits per heavy atom. The van der Waals surface area contributed by atoms with Crippen molar-refractivity contribution in [3.63, 3.8) is 0 Å². The lowest BCUT2D eigenvalue weighted by atomic mass is 10.2. The van der Waals surface area contributed by atoms with Crippen LogP contribution in [0, 0.1) is 0 Å². The van der Waals surface area contributed by atoms with Gasteiger partial charge >= 0.3 is 0 Å². The number of benzene rings is 1. The van der Waals surface area contributed by atoms with E-state index in [0.29, 0.717) is 11.8 Å². The highest BCUT2D eigenvalue weighted by Crippen LogP contribution is 2.20. The molecule has 0 unspecified atom stereocenters. The van der Waals surface area contributed by atoms with Crippen molar-refractivity contribution in [3.05, 3.63) is 18.2 Å². The van der Waals surface area contributed by atoms with Crippen molar-refractivity contribution in [1.29, 1.82) is 0 Å². The van der Waals surface area contributed by atoms with Crippen molar-refractivity contribution in [1.82, 2.24) is 30.2 Å². The van der Waals surface area contributed by atoms with Crippen molar-refractivity contribution >= 4 is 17.0 Å². The molecule has 16 heavy (non-hydrogen) atoms. The Morgan fingerprint density at radius 2 is 2.25 bits per heavy atom. The van der Waals surface area contributed by atoms with E-state index in [2.05, 4.69) is 25.5 Å². The molecule has 80 valence electrons. The van der Waals surface area contributed by atoms with E-state index in [1.807, 2.05) is 18.2 Å². The van der Waals surface area contributed by atoms with Gasteiger partial charge in [0.15, 0.2) is 11.8 Å². The molecular formula is C9H9N7. The lowest BCUT2D eigenvalue weighted by Gasteiger charge is -1.97. The molecule has 0 fully saturated rings. The first kappa shape index (κ1) is 8.84. The summed E-state index contributed by atoms with van der Waals surface area (Å²) in [7, 11) is 1.79. The zero-order valence-corrected chi connectivity index (χ0v) is 8.55. The Labute approximate surface area is 90.3 Å². The van der Waals surface area contributed by atoms with Gasteiger partial charge in [-0.15, -0.1) is 5.10 Å². The molecule has 3 aromatic rings. The highest BCUT2D eigenvalue weighted by atomic mass is 15.5. The predicted octanol–water partition coefficient (Wildman–Crippen LogP) is 0.336. The summed E-state index contributed by atoms with van der Waals surface area (Å²) in [6, 6.07) is 5.71. The molecule has 0 radical (unpaired) electrons. The normalized spacial score (nSPS) is 11.1. The minimum Gasteiger partial charge on any atom is -0.369 e. The first-order valence-corrected chi connectivity index (χ1v) is 4.72. The third-order valence-corrected chi connectivity index (χ3v) is 2.38. The van der Waals surface area contributed by atoms with Crippen molar-refractivity contribution in [2.75, 3.05) is 5.73 Å². The van der Waals surface area contributed by atoms with Gasteiger partial charge in [0.1, 0.15) is 0 Å². The second kappa shape index (κ2) is 3.02. The van der Waals surface area contributed by atoms with Crippen LogP contribution in [0.4, 0.5) is 5.95 Å². The summed E-state index contributed by atoms with van der Waals surface area (Å²) in [6.45, 7) is 0. The van der Waals surface area contributed by atoms with Gasteiger partial charge in [0, 0.05) is 12.6 Å². The van der Waals surface area contributed by atoms with E-state index in [-0.39, 0.29) is 0 Å². The number of imidazole rings is 1. The van der Waals surface area contributed by atoms with E-state index in [4.69, 9.17) is 5.73 Å². The Balaban J connectivity index is 2.22. The fourth-order valence-corrected chi connectivity index (χ4v) is 1.64. The molecule has 3 rings (SSSR count). The number of aryl methyl sites for hydroxylation is 1. The molecule has 2 heterocycles. The fraction of sp³-hybridized carbons (Fsp3) is 0.111. The third-order valence-electron chi connectivity index (χ3n) is 2.38. The van der Waals surface area contributed by atoms with Gasteiger partial charge in [-0.05, 0) is 28.6 Å². The number of tetrazole rings is 1. The van der Waals surface area contributed by atoms with Crippen LogP contribution in [0.5, 0.6) is 0 Å². The maximum Gasteiger partial charge on any atom is 0.198 e. The average Bonchev–Trinajstić information content (AvgIpc) is 2.81. The summed E-state index contributed by atoms with van der Waals surface area (Å²) in [6.07, 6.45) is 0. The van der Waals surface area contributed by atoms with E-state index >= 15 is 0 Å². The Morgan fingerprint density at radius 1 is 1.38 bits per heavy atom. The summed E-state index contributed by atoms with van der Waals surface area (Å²) in [4.78, 5) is 7.09. The molecule has 2 aromatic heterocycles. The number of nitrogens with one attached hydrogen (secondary N) is 1. The van der Waals surface area contributed by atoms with Gasteiger partial charge in [-0.2, -0.15) is 0 Å². The van der Waals surface area contributed by atoms with Crippen molar-refractivity contribution in [3.8, 4) is 11.4 Å². The van der Waals surface area contributed by atoms with Crippen LogP contribution in [0.1, 0.15) is 0 Å². The van der Waals surface area contributed by atoms with Crippen LogP contribution < -0.4 is 5.73 Å². The standard InChI is InChI=1S/C9H9N7/c1-16-8(13-14-15-16)5-2-3-6-7(4-5)12-9(10)11-6/h2-4H,1H3,(H3,10,11,12). The Bertz CT molecular complexity index is 651.